The van der Waals surface area contributed by atoms with E-state index < -0.39 is 11.9 Å². The van der Waals surface area contributed by atoms with Crippen molar-refractivity contribution < 1.29 is 14.6 Å². The maximum absolute atomic E-state index is 9.39. The predicted octanol–water partition coefficient (Wildman–Crippen LogP) is 0.520. The third-order valence-corrected chi connectivity index (χ3v) is 1.40. The summed E-state index contributed by atoms with van der Waals surface area (Å²) < 4.78 is 10.3. The van der Waals surface area contributed by atoms with E-state index in [1.807, 2.05) is 0 Å². The zero-order valence-corrected chi connectivity index (χ0v) is 6.46. The quantitative estimate of drug-likeness (QED) is 0.586. The molecule has 0 bridgehead atoms. The second-order valence-corrected chi connectivity index (χ2v) is 3.08. The van der Waals surface area contributed by atoms with Crippen LogP contribution in [-0.4, -0.2) is 30.2 Å². The van der Waals surface area contributed by atoms with E-state index in [1.165, 1.54) is 0 Å². The molecule has 10 heavy (non-hydrogen) atoms. The van der Waals surface area contributed by atoms with Gasteiger partial charge >= 0.3 is 0 Å². The minimum absolute atomic E-state index is 0.443. The van der Waals surface area contributed by atoms with Gasteiger partial charge in [-0.25, -0.2) is 0 Å². The Labute approximate surface area is 60.9 Å². The Morgan fingerprint density at radius 1 is 1.30 bits per heavy atom. The third-order valence-electron chi connectivity index (χ3n) is 1.40. The van der Waals surface area contributed by atoms with Gasteiger partial charge in [-0.1, -0.05) is 0 Å². The number of ether oxygens (including phenoxy) is 2. The fourth-order valence-electron chi connectivity index (χ4n) is 0.896. The summed E-state index contributed by atoms with van der Waals surface area (Å²) in [6.45, 7) is 4.75. The summed E-state index contributed by atoms with van der Waals surface area (Å²) in [6.07, 6.45) is 0.480. The van der Waals surface area contributed by atoms with Gasteiger partial charge in [0.1, 0.15) is 5.60 Å². The second kappa shape index (κ2) is 2.86. The smallest absolute Gasteiger partial charge is 0.185 e. The molecule has 0 aromatic rings. The molecule has 0 amide bonds. The number of hydrogen-bond donors (Lipinski definition) is 1. The normalized spacial score (nSPS) is 23.1. The summed E-state index contributed by atoms with van der Waals surface area (Å²) in [5, 5.41) is 9.39. The lowest BCUT2D eigenvalue weighted by atomic mass is 10.1. The molecule has 0 unspecified atom stereocenters. The van der Waals surface area contributed by atoms with Gasteiger partial charge in [-0.2, -0.15) is 0 Å². The Kier molecular flexibility index (Phi) is 2.28. The summed E-state index contributed by atoms with van der Waals surface area (Å²) in [6, 6.07) is 0. The molecule has 1 N–H and O–H groups in total. The molecule has 1 heterocycles. The van der Waals surface area contributed by atoms with Gasteiger partial charge in [0.05, 0.1) is 13.2 Å². The molecule has 1 saturated heterocycles. The summed E-state index contributed by atoms with van der Waals surface area (Å²) >= 11 is 0. The molecule has 0 aliphatic carbocycles. The van der Waals surface area contributed by atoms with E-state index in [0.29, 0.717) is 13.2 Å². The van der Waals surface area contributed by atoms with E-state index in [4.69, 9.17) is 9.47 Å². The van der Waals surface area contributed by atoms with Crippen LogP contribution in [0.5, 0.6) is 0 Å². The molecule has 0 aromatic heterocycles. The zero-order chi connectivity index (χ0) is 7.61. The lowest BCUT2D eigenvalue weighted by Gasteiger charge is -2.32. The molecular weight excluding hydrogens is 132 g/mol. The first-order valence-corrected chi connectivity index (χ1v) is 3.56. The van der Waals surface area contributed by atoms with Crippen LogP contribution in [0.25, 0.3) is 0 Å². The molecule has 0 aromatic carbocycles. The van der Waals surface area contributed by atoms with Gasteiger partial charge in [0.25, 0.3) is 0 Å². The van der Waals surface area contributed by atoms with E-state index in [9.17, 15) is 5.11 Å². The number of rotatable bonds is 1. The minimum Gasteiger partial charge on any atom is -0.385 e. The molecule has 0 spiro atoms. The van der Waals surface area contributed by atoms with Crippen molar-refractivity contribution in [1.82, 2.24) is 0 Å². The van der Waals surface area contributed by atoms with E-state index in [0.717, 1.165) is 6.42 Å². The van der Waals surface area contributed by atoms with E-state index in [2.05, 4.69) is 0 Å². The molecule has 0 saturated carbocycles. The predicted molar refractivity (Wildman–Crippen MR) is 36.6 cm³/mol. The molecule has 1 fully saturated rings. The van der Waals surface area contributed by atoms with Crippen molar-refractivity contribution in [2.24, 2.45) is 0 Å². The lowest BCUT2D eigenvalue weighted by Crippen LogP contribution is -2.43. The van der Waals surface area contributed by atoms with Crippen LogP contribution in [-0.2, 0) is 9.47 Å². The van der Waals surface area contributed by atoms with Crippen molar-refractivity contribution >= 4 is 0 Å². The van der Waals surface area contributed by atoms with Gasteiger partial charge in [-0.05, 0) is 20.3 Å². The van der Waals surface area contributed by atoms with E-state index in [1.54, 1.807) is 13.8 Å². The highest BCUT2D eigenvalue weighted by Gasteiger charge is 2.30. The number of hydrogen-bond acceptors (Lipinski definition) is 3. The zero-order valence-electron chi connectivity index (χ0n) is 6.46. The largest absolute Gasteiger partial charge is 0.385 e. The van der Waals surface area contributed by atoms with Crippen LogP contribution in [0.15, 0.2) is 0 Å². The van der Waals surface area contributed by atoms with Gasteiger partial charge in [0.15, 0.2) is 6.29 Å². The van der Waals surface area contributed by atoms with Gasteiger partial charge in [-0.15, -0.1) is 0 Å². The summed E-state index contributed by atoms with van der Waals surface area (Å²) in [4.78, 5) is 0. The van der Waals surface area contributed by atoms with Crippen molar-refractivity contribution in [2.45, 2.75) is 32.2 Å². The molecule has 0 atom stereocenters. The minimum atomic E-state index is -0.875. The van der Waals surface area contributed by atoms with Crippen LogP contribution in [0.1, 0.15) is 20.3 Å². The van der Waals surface area contributed by atoms with E-state index in [-0.39, 0.29) is 0 Å². The lowest BCUT2D eigenvalue weighted by molar-refractivity contribution is -0.250. The van der Waals surface area contributed by atoms with Crippen molar-refractivity contribution in [3.63, 3.8) is 0 Å². The topological polar surface area (TPSA) is 38.7 Å². The average Bonchev–Trinajstić information content (AvgIpc) is 1.88. The van der Waals surface area contributed by atoms with Gasteiger partial charge < -0.3 is 14.6 Å². The Hall–Kier alpha value is -0.120. The number of aliphatic hydroxyl groups is 1. The summed E-state index contributed by atoms with van der Waals surface area (Å²) in [7, 11) is 0. The molecule has 3 nitrogen and oxygen atoms in total. The molecule has 0 radical (unpaired) electrons. The highest BCUT2D eigenvalue weighted by Crippen LogP contribution is 2.17. The first-order valence-electron chi connectivity index (χ1n) is 3.56. The fraction of sp³-hybridized carbons (Fsp3) is 1.00. The standard InChI is InChI=1S/C7H14O3/c1-7(2,8)6-9-4-3-5-10-6/h6,8H,3-5H2,1-2H3. The van der Waals surface area contributed by atoms with E-state index >= 15 is 0 Å². The fourth-order valence-corrected chi connectivity index (χ4v) is 0.896. The van der Waals surface area contributed by atoms with Gasteiger partial charge in [0, 0.05) is 0 Å². The van der Waals surface area contributed by atoms with Crippen LogP contribution >= 0.6 is 0 Å². The molecule has 1 rings (SSSR count). The molecule has 3 heteroatoms. The Balaban J connectivity index is 2.39. The van der Waals surface area contributed by atoms with Crippen LogP contribution in [0, 0.1) is 0 Å². The average molecular weight is 146 g/mol. The Bertz CT molecular complexity index is 99.9. The van der Waals surface area contributed by atoms with Crippen molar-refractivity contribution in [3.05, 3.63) is 0 Å². The van der Waals surface area contributed by atoms with Crippen LogP contribution in [0.2, 0.25) is 0 Å². The first-order chi connectivity index (χ1) is 4.61. The van der Waals surface area contributed by atoms with Gasteiger partial charge in [-0.3, -0.25) is 0 Å². The van der Waals surface area contributed by atoms with Crippen molar-refractivity contribution in [3.8, 4) is 0 Å². The monoisotopic (exact) mass is 146 g/mol. The maximum atomic E-state index is 9.39. The van der Waals surface area contributed by atoms with Crippen LogP contribution in [0.4, 0.5) is 0 Å². The highest BCUT2D eigenvalue weighted by molar-refractivity contribution is 4.71. The Morgan fingerprint density at radius 2 is 1.80 bits per heavy atom. The van der Waals surface area contributed by atoms with Crippen molar-refractivity contribution in [1.29, 1.82) is 0 Å². The maximum Gasteiger partial charge on any atom is 0.185 e. The SMILES string of the molecule is CC(C)(O)C1OCCCO1. The summed E-state index contributed by atoms with van der Waals surface area (Å²) in [5.41, 5.74) is -0.875. The van der Waals surface area contributed by atoms with Gasteiger partial charge in [0.2, 0.25) is 0 Å². The highest BCUT2D eigenvalue weighted by atomic mass is 16.7. The van der Waals surface area contributed by atoms with Crippen molar-refractivity contribution in [2.75, 3.05) is 13.2 Å². The molecular formula is C7H14O3. The third kappa shape index (κ3) is 1.94. The Morgan fingerprint density at radius 3 is 2.10 bits per heavy atom. The summed E-state index contributed by atoms with van der Waals surface area (Å²) in [5.74, 6) is 0. The van der Waals surface area contributed by atoms with Crippen LogP contribution in [0.3, 0.4) is 0 Å². The second-order valence-electron chi connectivity index (χ2n) is 3.08. The molecule has 1 aliphatic heterocycles. The molecule has 1 aliphatic rings. The van der Waals surface area contributed by atoms with Crippen LogP contribution < -0.4 is 0 Å². The molecule has 60 valence electrons. The first kappa shape index (κ1) is 7.98.